The number of β-lactam (4-membered cyclic amide) rings is 1. The fourth-order valence-corrected chi connectivity index (χ4v) is 7.11. The van der Waals surface area contributed by atoms with E-state index in [0.717, 1.165) is 24.4 Å². The number of carbonyl (C=O) groups excluding carboxylic acids is 2. The number of carboxylic acids is 1. The highest BCUT2D eigenvalue weighted by Gasteiger charge is 2.54. The van der Waals surface area contributed by atoms with Crippen LogP contribution in [0.1, 0.15) is 18.7 Å². The van der Waals surface area contributed by atoms with E-state index in [1.54, 1.807) is 5.51 Å². The maximum Gasteiger partial charge on any atom is 0.352 e. The van der Waals surface area contributed by atoms with Crippen molar-refractivity contribution in [1.29, 1.82) is 0 Å². The summed E-state index contributed by atoms with van der Waals surface area (Å²) in [6.45, 7) is 0. The number of nitrogens with two attached hydrogens (primary N) is 1. The summed E-state index contributed by atoms with van der Waals surface area (Å²) in [5, 5.41) is 23.7. The van der Waals surface area contributed by atoms with Gasteiger partial charge in [0.15, 0.2) is 9.47 Å². The Labute approximate surface area is 220 Å². The fraction of sp³-hybridized carbons (Fsp3) is 0.368. The largest absolute Gasteiger partial charge is 0.477 e. The normalized spacial score (nSPS) is 23.4. The number of nitrogen functional groups attached to an aromatic ring is 1. The van der Waals surface area contributed by atoms with Gasteiger partial charge in [-0.1, -0.05) is 34.3 Å². The molecular weight excluding hydrogens is 549 g/mol. The first kappa shape index (κ1) is 24.7. The van der Waals surface area contributed by atoms with Crippen molar-refractivity contribution in [3.05, 3.63) is 34.8 Å². The van der Waals surface area contributed by atoms with E-state index in [1.807, 2.05) is 12.2 Å². The van der Waals surface area contributed by atoms with Gasteiger partial charge in [0.05, 0.1) is 0 Å². The number of hydrogen-bond donors (Lipinski definition) is 3. The lowest BCUT2D eigenvalue weighted by Crippen LogP contribution is -2.71. The highest BCUT2D eigenvalue weighted by molar-refractivity contribution is 8.01. The number of thioether (sulfide) groups is 2. The standard InChI is InChI=1S/C19H18N8O5S4/c20-18-23-13(26-36-18)10(25-32-9-3-1-2-4-9)14(28)22-11-15(29)27-12(17(30)31)8(5-33-16(11)27)6-34-19-24-21-7-35-19/h1,3,7,9,11,16H,2,4-6H2,(H,22,28)(H,30,31)(H2,20,23,26)/t9?,11?,16-/m1/s1. The molecular formula is C19H18N8O5S4. The van der Waals surface area contributed by atoms with Crippen molar-refractivity contribution in [3.63, 3.8) is 0 Å². The third kappa shape index (κ3) is 4.95. The first-order chi connectivity index (χ1) is 17.4. The van der Waals surface area contributed by atoms with Crippen molar-refractivity contribution in [2.24, 2.45) is 5.16 Å². The Morgan fingerprint density at radius 2 is 2.28 bits per heavy atom. The fourth-order valence-electron chi connectivity index (χ4n) is 3.71. The molecule has 1 aliphatic carbocycles. The van der Waals surface area contributed by atoms with E-state index in [9.17, 15) is 19.5 Å². The van der Waals surface area contributed by atoms with Gasteiger partial charge in [-0.05, 0) is 24.5 Å². The van der Waals surface area contributed by atoms with Gasteiger partial charge in [-0.15, -0.1) is 22.0 Å². The summed E-state index contributed by atoms with van der Waals surface area (Å²) in [7, 11) is 0. The highest BCUT2D eigenvalue weighted by Crippen LogP contribution is 2.41. The minimum Gasteiger partial charge on any atom is -0.477 e. The Hall–Kier alpha value is -3.02. The number of carbonyl (C=O) groups is 3. The van der Waals surface area contributed by atoms with Gasteiger partial charge < -0.3 is 21.0 Å². The average molecular weight is 567 g/mol. The summed E-state index contributed by atoms with van der Waals surface area (Å²) in [5.74, 6) is -1.71. The van der Waals surface area contributed by atoms with Crippen molar-refractivity contribution in [2.45, 2.75) is 34.7 Å². The number of nitrogens with one attached hydrogen (secondary N) is 1. The molecule has 2 unspecified atom stereocenters. The molecule has 4 heterocycles. The average Bonchev–Trinajstić information content (AvgIpc) is 3.64. The van der Waals surface area contributed by atoms with Crippen LogP contribution in [-0.2, 0) is 19.2 Å². The van der Waals surface area contributed by atoms with Crippen LogP contribution in [0.3, 0.4) is 0 Å². The molecule has 17 heteroatoms. The van der Waals surface area contributed by atoms with Crippen LogP contribution in [0.25, 0.3) is 0 Å². The second-order valence-electron chi connectivity index (χ2n) is 7.66. The molecule has 1 saturated heterocycles. The molecule has 3 atom stereocenters. The van der Waals surface area contributed by atoms with Crippen molar-refractivity contribution in [2.75, 3.05) is 17.2 Å². The first-order valence-corrected chi connectivity index (χ1v) is 14.2. The van der Waals surface area contributed by atoms with Crippen LogP contribution in [0, 0.1) is 0 Å². The van der Waals surface area contributed by atoms with Crippen LogP contribution >= 0.6 is 46.4 Å². The third-order valence-electron chi connectivity index (χ3n) is 5.36. The minimum absolute atomic E-state index is 0.0148. The number of nitrogens with zero attached hydrogens (tertiary/aromatic N) is 6. The van der Waals surface area contributed by atoms with E-state index in [4.69, 9.17) is 10.6 Å². The second kappa shape index (κ2) is 10.5. The van der Waals surface area contributed by atoms with E-state index in [1.165, 1.54) is 39.8 Å². The Balaban J connectivity index is 1.31. The predicted octanol–water partition coefficient (Wildman–Crippen LogP) is 0.942. The number of amides is 2. The van der Waals surface area contributed by atoms with Crippen LogP contribution in [0.15, 0.2) is 38.4 Å². The molecule has 36 heavy (non-hydrogen) atoms. The molecule has 2 aliphatic heterocycles. The topological polar surface area (TPSA) is 186 Å². The number of anilines is 1. The van der Waals surface area contributed by atoms with E-state index >= 15 is 0 Å². The van der Waals surface area contributed by atoms with Crippen molar-refractivity contribution in [3.8, 4) is 0 Å². The van der Waals surface area contributed by atoms with Crippen LogP contribution in [0.4, 0.5) is 5.13 Å². The van der Waals surface area contributed by atoms with Crippen molar-refractivity contribution in [1.82, 2.24) is 29.8 Å². The van der Waals surface area contributed by atoms with Gasteiger partial charge in [0.2, 0.25) is 11.5 Å². The minimum atomic E-state index is -1.20. The molecule has 0 radical (unpaired) electrons. The second-order valence-corrected chi connectivity index (χ2v) is 11.6. The van der Waals surface area contributed by atoms with Gasteiger partial charge in [0.1, 0.15) is 28.7 Å². The van der Waals surface area contributed by atoms with E-state index in [0.29, 0.717) is 21.4 Å². The quantitative estimate of drug-likeness (QED) is 0.128. The molecule has 2 aromatic rings. The van der Waals surface area contributed by atoms with Gasteiger partial charge >= 0.3 is 5.97 Å². The molecule has 4 N–H and O–H groups in total. The zero-order valence-corrected chi connectivity index (χ0v) is 21.5. The zero-order chi connectivity index (χ0) is 25.2. The molecule has 0 bridgehead atoms. The molecule has 2 amide bonds. The number of rotatable bonds is 9. The Bertz CT molecular complexity index is 1280. The zero-order valence-electron chi connectivity index (χ0n) is 18.3. The van der Waals surface area contributed by atoms with Crippen LogP contribution in [-0.4, -0.2) is 82.1 Å². The Morgan fingerprint density at radius 1 is 1.42 bits per heavy atom. The van der Waals surface area contributed by atoms with Gasteiger partial charge in [-0.25, -0.2) is 4.79 Å². The molecule has 13 nitrogen and oxygen atoms in total. The lowest BCUT2D eigenvalue weighted by atomic mass is 10.0. The van der Waals surface area contributed by atoms with Gasteiger partial charge in [0, 0.05) is 23.0 Å². The molecule has 5 rings (SSSR count). The number of fused-ring (bicyclic) bond motifs is 1. The van der Waals surface area contributed by atoms with Gasteiger partial charge in [0.25, 0.3) is 11.8 Å². The molecule has 2 aromatic heterocycles. The first-order valence-electron chi connectivity index (χ1n) is 10.5. The SMILES string of the molecule is Nc1nc(C(=NOC2C=CCC2)C(=O)NC2C(=O)N3C(C(=O)O)=C(CSc4nncs4)CS[C@H]23)ns1. The summed E-state index contributed by atoms with van der Waals surface area (Å²) in [6, 6.07) is -0.943. The monoisotopic (exact) mass is 566 g/mol. The van der Waals surface area contributed by atoms with Gasteiger partial charge in [-0.2, -0.15) is 9.36 Å². The lowest BCUT2D eigenvalue weighted by molar-refractivity contribution is -0.150. The summed E-state index contributed by atoms with van der Waals surface area (Å²) >= 11 is 4.98. The number of aliphatic carboxylic acids is 1. The molecule has 0 aromatic carbocycles. The van der Waals surface area contributed by atoms with E-state index in [-0.39, 0.29) is 28.5 Å². The predicted molar refractivity (Wildman–Crippen MR) is 134 cm³/mol. The van der Waals surface area contributed by atoms with Crippen LogP contribution in [0.5, 0.6) is 0 Å². The smallest absolute Gasteiger partial charge is 0.352 e. The molecule has 0 spiro atoms. The highest BCUT2D eigenvalue weighted by atomic mass is 32.2. The number of oxime groups is 1. The molecule has 188 valence electrons. The summed E-state index contributed by atoms with van der Waals surface area (Å²) in [4.78, 5) is 48.9. The van der Waals surface area contributed by atoms with Gasteiger partial charge in [-0.3, -0.25) is 14.5 Å². The third-order valence-corrected chi connectivity index (χ3v) is 9.19. The summed E-state index contributed by atoms with van der Waals surface area (Å²) in [6.07, 6.45) is 5.08. The molecule has 3 aliphatic rings. The number of hydrogen-bond acceptors (Lipinski definition) is 14. The Kier molecular flexibility index (Phi) is 7.22. The van der Waals surface area contributed by atoms with E-state index < -0.39 is 29.2 Å². The Morgan fingerprint density at radius 3 is 2.94 bits per heavy atom. The number of allylic oxidation sites excluding steroid dienone is 1. The van der Waals surface area contributed by atoms with Crippen molar-refractivity contribution < 1.29 is 24.3 Å². The molecule has 1 fully saturated rings. The van der Waals surface area contributed by atoms with Crippen LogP contribution in [0.2, 0.25) is 0 Å². The summed E-state index contributed by atoms with van der Waals surface area (Å²) < 4.78 is 4.75. The number of aromatic nitrogens is 4. The number of carboxylic acid groups (broad SMARTS) is 1. The van der Waals surface area contributed by atoms with Crippen molar-refractivity contribution >= 4 is 75.0 Å². The lowest BCUT2D eigenvalue weighted by Gasteiger charge is -2.49. The molecule has 0 saturated carbocycles. The summed E-state index contributed by atoms with van der Waals surface area (Å²) in [5.41, 5.74) is 7.59. The maximum absolute atomic E-state index is 13.1. The van der Waals surface area contributed by atoms with Crippen LogP contribution < -0.4 is 11.1 Å². The maximum atomic E-state index is 13.1. The van der Waals surface area contributed by atoms with E-state index in [2.05, 4.69) is 30.0 Å².